The van der Waals surface area contributed by atoms with Gasteiger partial charge in [0.2, 0.25) is 5.91 Å². The first-order valence-corrected chi connectivity index (χ1v) is 7.34. The third kappa shape index (κ3) is 3.01. The SMILES string of the molecule is C[C@H](OCC1CC1)C(=O)N[C@H]1CCc2cc(F)ccc21. The van der Waals surface area contributed by atoms with E-state index in [9.17, 15) is 9.18 Å². The van der Waals surface area contributed by atoms with Crippen LogP contribution in [-0.4, -0.2) is 18.6 Å². The van der Waals surface area contributed by atoms with Gasteiger partial charge in [-0.25, -0.2) is 4.39 Å². The molecule has 1 N–H and O–H groups in total. The average Bonchev–Trinajstić information content (AvgIpc) is 3.18. The van der Waals surface area contributed by atoms with Gasteiger partial charge < -0.3 is 10.1 Å². The van der Waals surface area contributed by atoms with E-state index in [1.807, 2.05) is 0 Å². The summed E-state index contributed by atoms with van der Waals surface area (Å²) >= 11 is 0. The molecule has 108 valence electrons. The van der Waals surface area contributed by atoms with Crippen molar-refractivity contribution in [3.8, 4) is 0 Å². The smallest absolute Gasteiger partial charge is 0.249 e. The van der Waals surface area contributed by atoms with Crippen molar-refractivity contribution in [2.45, 2.75) is 44.8 Å². The lowest BCUT2D eigenvalue weighted by atomic mass is 10.1. The molecule has 2 aliphatic carbocycles. The highest BCUT2D eigenvalue weighted by Gasteiger charge is 2.27. The van der Waals surface area contributed by atoms with Gasteiger partial charge in [0.1, 0.15) is 11.9 Å². The summed E-state index contributed by atoms with van der Waals surface area (Å²) in [6.07, 6.45) is 3.67. The minimum atomic E-state index is -0.417. The third-order valence-electron chi connectivity index (χ3n) is 4.15. The first kappa shape index (κ1) is 13.6. The molecule has 2 aliphatic rings. The molecule has 4 heteroatoms. The maximum absolute atomic E-state index is 13.2. The Balaban J connectivity index is 1.57. The Morgan fingerprint density at radius 3 is 3.00 bits per heavy atom. The van der Waals surface area contributed by atoms with Gasteiger partial charge in [0, 0.05) is 0 Å². The zero-order chi connectivity index (χ0) is 14.1. The van der Waals surface area contributed by atoms with Gasteiger partial charge in [-0.05, 0) is 61.8 Å². The quantitative estimate of drug-likeness (QED) is 0.898. The minimum absolute atomic E-state index is 0.00919. The monoisotopic (exact) mass is 277 g/mol. The Morgan fingerprint density at radius 2 is 2.25 bits per heavy atom. The molecule has 1 aromatic rings. The summed E-state index contributed by atoms with van der Waals surface area (Å²) in [4.78, 5) is 12.1. The molecule has 0 aliphatic heterocycles. The Kier molecular flexibility index (Phi) is 3.74. The summed E-state index contributed by atoms with van der Waals surface area (Å²) in [7, 11) is 0. The molecule has 1 amide bonds. The first-order chi connectivity index (χ1) is 9.63. The second kappa shape index (κ2) is 5.52. The number of ether oxygens (including phenoxy) is 1. The third-order valence-corrected chi connectivity index (χ3v) is 4.15. The number of carbonyl (C=O) groups is 1. The molecule has 0 spiro atoms. The summed E-state index contributed by atoms with van der Waals surface area (Å²) in [6, 6.07) is 4.79. The molecule has 0 aromatic heterocycles. The number of halogens is 1. The molecular weight excluding hydrogens is 257 g/mol. The van der Waals surface area contributed by atoms with Crippen molar-refractivity contribution in [2.24, 2.45) is 5.92 Å². The standard InChI is InChI=1S/C16H20FNO2/c1-10(20-9-11-2-3-11)16(19)18-15-7-4-12-8-13(17)5-6-14(12)15/h5-6,8,10-11,15H,2-4,7,9H2,1H3,(H,18,19)/t10-,15-/m0/s1. The van der Waals surface area contributed by atoms with Crippen LogP contribution in [0.5, 0.6) is 0 Å². The van der Waals surface area contributed by atoms with E-state index >= 15 is 0 Å². The van der Waals surface area contributed by atoms with Crippen molar-refractivity contribution < 1.29 is 13.9 Å². The van der Waals surface area contributed by atoms with Crippen LogP contribution >= 0.6 is 0 Å². The van der Waals surface area contributed by atoms with Gasteiger partial charge in [-0.3, -0.25) is 4.79 Å². The lowest BCUT2D eigenvalue weighted by molar-refractivity contribution is -0.132. The van der Waals surface area contributed by atoms with Crippen molar-refractivity contribution >= 4 is 5.91 Å². The second-order valence-corrected chi connectivity index (χ2v) is 5.86. The summed E-state index contributed by atoms with van der Waals surface area (Å²) in [6.45, 7) is 2.47. The molecule has 0 saturated heterocycles. The molecule has 0 bridgehead atoms. The van der Waals surface area contributed by atoms with E-state index in [1.54, 1.807) is 19.1 Å². The lowest BCUT2D eigenvalue weighted by Crippen LogP contribution is -2.36. The van der Waals surface area contributed by atoms with Crippen LogP contribution in [0.4, 0.5) is 4.39 Å². The number of nitrogens with one attached hydrogen (secondary N) is 1. The van der Waals surface area contributed by atoms with Gasteiger partial charge in [-0.2, -0.15) is 0 Å². The molecule has 0 radical (unpaired) electrons. The topological polar surface area (TPSA) is 38.3 Å². The Bertz CT molecular complexity index is 513. The highest BCUT2D eigenvalue weighted by molar-refractivity contribution is 5.81. The van der Waals surface area contributed by atoms with Crippen LogP contribution in [0.2, 0.25) is 0 Å². The van der Waals surface area contributed by atoms with E-state index in [2.05, 4.69) is 5.32 Å². The number of carbonyl (C=O) groups excluding carboxylic acids is 1. The largest absolute Gasteiger partial charge is 0.368 e. The van der Waals surface area contributed by atoms with Gasteiger partial charge in [0.15, 0.2) is 0 Å². The van der Waals surface area contributed by atoms with E-state index in [0.29, 0.717) is 12.5 Å². The van der Waals surface area contributed by atoms with Crippen molar-refractivity contribution in [1.82, 2.24) is 5.32 Å². The van der Waals surface area contributed by atoms with Gasteiger partial charge in [-0.15, -0.1) is 0 Å². The van der Waals surface area contributed by atoms with E-state index in [1.165, 1.54) is 18.9 Å². The second-order valence-electron chi connectivity index (χ2n) is 5.86. The van der Waals surface area contributed by atoms with Crippen molar-refractivity contribution in [2.75, 3.05) is 6.61 Å². The lowest BCUT2D eigenvalue weighted by Gasteiger charge is -2.18. The number of benzene rings is 1. The molecule has 0 heterocycles. The minimum Gasteiger partial charge on any atom is -0.368 e. The van der Waals surface area contributed by atoms with Crippen molar-refractivity contribution in [3.63, 3.8) is 0 Å². The summed E-state index contributed by atoms with van der Waals surface area (Å²) in [5.41, 5.74) is 2.04. The number of rotatable bonds is 5. The molecule has 1 aromatic carbocycles. The van der Waals surface area contributed by atoms with Crippen LogP contribution in [0.25, 0.3) is 0 Å². The molecule has 0 unspecified atom stereocenters. The zero-order valence-electron chi connectivity index (χ0n) is 11.7. The van der Waals surface area contributed by atoms with E-state index in [4.69, 9.17) is 4.74 Å². The van der Waals surface area contributed by atoms with E-state index < -0.39 is 6.10 Å². The zero-order valence-corrected chi connectivity index (χ0v) is 11.7. The number of fused-ring (bicyclic) bond motifs is 1. The van der Waals surface area contributed by atoms with Gasteiger partial charge >= 0.3 is 0 Å². The number of aryl methyl sites for hydroxylation is 1. The van der Waals surface area contributed by atoms with E-state index in [-0.39, 0.29) is 17.8 Å². The fraction of sp³-hybridized carbons (Fsp3) is 0.562. The fourth-order valence-corrected chi connectivity index (χ4v) is 2.67. The summed E-state index contributed by atoms with van der Waals surface area (Å²) < 4.78 is 18.7. The maximum atomic E-state index is 13.2. The predicted octanol–water partition coefficient (Wildman–Crippen LogP) is 2.74. The van der Waals surface area contributed by atoms with Crippen LogP contribution in [0.3, 0.4) is 0 Å². The molecule has 20 heavy (non-hydrogen) atoms. The maximum Gasteiger partial charge on any atom is 0.249 e. The van der Waals surface area contributed by atoms with Crippen molar-refractivity contribution in [1.29, 1.82) is 0 Å². The molecule has 3 nitrogen and oxygen atoms in total. The Labute approximate surface area is 118 Å². The Hall–Kier alpha value is -1.42. The fourth-order valence-electron chi connectivity index (χ4n) is 2.67. The normalized spacial score (nSPS) is 22.4. The van der Waals surface area contributed by atoms with Gasteiger partial charge in [0.05, 0.1) is 12.6 Å². The summed E-state index contributed by atoms with van der Waals surface area (Å²) in [5.74, 6) is 0.366. The molecule has 1 fully saturated rings. The Morgan fingerprint density at radius 1 is 1.45 bits per heavy atom. The van der Waals surface area contributed by atoms with Crippen LogP contribution in [0, 0.1) is 11.7 Å². The number of hydrogen-bond donors (Lipinski definition) is 1. The number of hydrogen-bond acceptors (Lipinski definition) is 2. The molecule has 1 saturated carbocycles. The van der Waals surface area contributed by atoms with Crippen molar-refractivity contribution in [3.05, 3.63) is 35.1 Å². The molecule has 2 atom stereocenters. The van der Waals surface area contributed by atoms with Gasteiger partial charge in [-0.1, -0.05) is 6.07 Å². The molecular formula is C16H20FNO2. The van der Waals surface area contributed by atoms with Crippen LogP contribution < -0.4 is 5.32 Å². The van der Waals surface area contributed by atoms with Crippen LogP contribution in [0.1, 0.15) is 43.4 Å². The van der Waals surface area contributed by atoms with Crippen LogP contribution in [0.15, 0.2) is 18.2 Å². The average molecular weight is 277 g/mol. The summed E-state index contributed by atoms with van der Waals surface area (Å²) in [5, 5.41) is 3.01. The first-order valence-electron chi connectivity index (χ1n) is 7.34. The number of amides is 1. The predicted molar refractivity (Wildman–Crippen MR) is 73.7 cm³/mol. The highest BCUT2D eigenvalue weighted by atomic mass is 19.1. The van der Waals surface area contributed by atoms with Gasteiger partial charge in [0.25, 0.3) is 0 Å². The van der Waals surface area contributed by atoms with Crippen LogP contribution in [-0.2, 0) is 16.0 Å². The highest BCUT2D eigenvalue weighted by Crippen LogP contribution is 2.32. The van der Waals surface area contributed by atoms with E-state index in [0.717, 1.165) is 24.0 Å². The molecule has 3 rings (SSSR count).